The van der Waals surface area contributed by atoms with E-state index in [1.165, 1.54) is 0 Å². The highest BCUT2D eigenvalue weighted by Gasteiger charge is 2.20. The first-order valence-corrected chi connectivity index (χ1v) is 2.75. The molecule has 54 valence electrons. The molecule has 0 aliphatic heterocycles. The quantitative estimate of drug-likeness (QED) is 0.429. The van der Waals surface area contributed by atoms with Crippen LogP contribution in [0.5, 0.6) is 0 Å². The normalized spacial score (nSPS) is 16.8. The van der Waals surface area contributed by atoms with Crippen LogP contribution >= 0.6 is 11.6 Å². The number of carbonyl (C=O) groups is 1. The van der Waals surface area contributed by atoms with Gasteiger partial charge >= 0.3 is 0 Å². The number of alkyl halides is 1. The van der Waals surface area contributed by atoms with E-state index in [1.807, 2.05) is 0 Å². The Morgan fingerprint density at radius 2 is 2.22 bits per heavy atom. The minimum absolute atomic E-state index is 0.467. The van der Waals surface area contributed by atoms with Gasteiger partial charge in [-0.1, -0.05) is 0 Å². The number of hydrogen-bond acceptors (Lipinski definition) is 3. The summed E-state index contributed by atoms with van der Waals surface area (Å²) in [5, 5.41) is 15.9. The second-order valence-electron chi connectivity index (χ2n) is 1.55. The molecule has 0 saturated carbocycles. The Labute approximate surface area is 57.2 Å². The molecule has 0 fully saturated rings. The van der Waals surface area contributed by atoms with E-state index in [1.54, 1.807) is 0 Å². The van der Waals surface area contributed by atoms with Gasteiger partial charge in [0, 0.05) is 0 Å². The van der Waals surface area contributed by atoms with E-state index in [4.69, 9.17) is 21.8 Å². The molecule has 0 heterocycles. The number of amides is 1. The third-order valence-corrected chi connectivity index (χ3v) is 1.19. The Morgan fingerprint density at radius 3 is 2.33 bits per heavy atom. The lowest BCUT2D eigenvalue weighted by Gasteiger charge is -2.09. The summed E-state index contributed by atoms with van der Waals surface area (Å²) < 4.78 is 0. The molecule has 0 unspecified atom stereocenters. The second kappa shape index (κ2) is 3.66. The largest absolute Gasteiger partial charge is 0.395 e. The zero-order valence-electron chi connectivity index (χ0n) is 4.62. The number of carbonyl (C=O) groups excluding carboxylic acids is 1. The van der Waals surface area contributed by atoms with Crippen LogP contribution in [-0.2, 0) is 4.79 Å². The van der Waals surface area contributed by atoms with Gasteiger partial charge in [-0.15, -0.1) is 11.6 Å². The van der Waals surface area contributed by atoms with Crippen molar-refractivity contribution in [2.75, 3.05) is 6.61 Å². The SMILES string of the molecule is NC(=O)[C@@H](O)[C@@H](Cl)CO. The molecular weight excluding hydrogens is 146 g/mol. The van der Waals surface area contributed by atoms with Crippen LogP contribution in [0.3, 0.4) is 0 Å². The highest BCUT2D eigenvalue weighted by atomic mass is 35.5. The van der Waals surface area contributed by atoms with E-state index in [2.05, 4.69) is 5.73 Å². The Hall–Kier alpha value is -0.320. The van der Waals surface area contributed by atoms with Gasteiger partial charge in [0.25, 0.3) is 0 Å². The predicted molar refractivity (Wildman–Crippen MR) is 31.9 cm³/mol. The topological polar surface area (TPSA) is 83.6 Å². The van der Waals surface area contributed by atoms with Crippen molar-refractivity contribution in [2.45, 2.75) is 11.5 Å². The summed E-state index contributed by atoms with van der Waals surface area (Å²) in [5.41, 5.74) is 4.63. The van der Waals surface area contributed by atoms with Crippen molar-refractivity contribution in [3.05, 3.63) is 0 Å². The van der Waals surface area contributed by atoms with Gasteiger partial charge in [0.15, 0.2) is 6.10 Å². The molecule has 0 spiro atoms. The molecule has 4 nitrogen and oxygen atoms in total. The summed E-state index contributed by atoms with van der Waals surface area (Å²) in [6.07, 6.45) is -1.46. The summed E-state index contributed by atoms with van der Waals surface area (Å²) in [4.78, 5) is 10.1. The molecule has 0 aliphatic rings. The first-order chi connectivity index (χ1) is 4.09. The minimum atomic E-state index is -1.46. The highest BCUT2D eigenvalue weighted by Crippen LogP contribution is 1.99. The number of aliphatic hydroxyl groups is 2. The van der Waals surface area contributed by atoms with Crippen molar-refractivity contribution < 1.29 is 15.0 Å². The number of hydrogen-bond donors (Lipinski definition) is 3. The molecule has 0 aromatic heterocycles. The van der Waals surface area contributed by atoms with Gasteiger partial charge < -0.3 is 15.9 Å². The third kappa shape index (κ3) is 2.64. The Kier molecular flexibility index (Phi) is 3.53. The molecule has 1 amide bonds. The van der Waals surface area contributed by atoms with E-state index in [9.17, 15) is 4.79 Å². The average Bonchev–Trinajstić information content (AvgIpc) is 1.84. The lowest BCUT2D eigenvalue weighted by atomic mass is 10.2. The molecule has 5 heteroatoms. The molecule has 0 aromatic rings. The van der Waals surface area contributed by atoms with Crippen molar-refractivity contribution in [1.29, 1.82) is 0 Å². The Morgan fingerprint density at radius 1 is 1.78 bits per heavy atom. The Balaban J connectivity index is 3.72. The van der Waals surface area contributed by atoms with Crippen LogP contribution < -0.4 is 5.73 Å². The zero-order chi connectivity index (χ0) is 7.44. The number of nitrogens with two attached hydrogens (primary N) is 1. The van der Waals surface area contributed by atoms with Gasteiger partial charge in [0.1, 0.15) is 0 Å². The van der Waals surface area contributed by atoms with Gasteiger partial charge in [-0.05, 0) is 0 Å². The van der Waals surface area contributed by atoms with Crippen LogP contribution in [0.1, 0.15) is 0 Å². The van der Waals surface area contributed by atoms with Gasteiger partial charge in [0.2, 0.25) is 5.91 Å². The maximum absolute atomic E-state index is 10.1. The fraction of sp³-hybridized carbons (Fsp3) is 0.750. The zero-order valence-corrected chi connectivity index (χ0v) is 5.38. The Bertz CT molecular complexity index is 108. The number of rotatable bonds is 3. The van der Waals surface area contributed by atoms with Crippen LogP contribution in [0.25, 0.3) is 0 Å². The molecule has 4 N–H and O–H groups in total. The number of aliphatic hydroxyl groups excluding tert-OH is 2. The molecule has 9 heavy (non-hydrogen) atoms. The number of halogens is 1. The summed E-state index contributed by atoms with van der Waals surface area (Å²) >= 11 is 5.21. The summed E-state index contributed by atoms with van der Waals surface area (Å²) in [6.45, 7) is -0.467. The van der Waals surface area contributed by atoms with Crippen molar-refractivity contribution in [3.63, 3.8) is 0 Å². The third-order valence-electron chi connectivity index (χ3n) is 0.809. The van der Waals surface area contributed by atoms with Crippen molar-refractivity contribution in [2.24, 2.45) is 5.73 Å². The van der Waals surface area contributed by atoms with Crippen LogP contribution in [0.4, 0.5) is 0 Å². The van der Waals surface area contributed by atoms with E-state index in [0.29, 0.717) is 0 Å². The van der Waals surface area contributed by atoms with Crippen LogP contribution in [0, 0.1) is 0 Å². The van der Waals surface area contributed by atoms with E-state index >= 15 is 0 Å². The standard InChI is InChI=1S/C4H8ClNO3/c5-2(1-7)3(8)4(6)9/h2-3,7-8H,1H2,(H2,6,9)/t2-,3-/m0/s1. The van der Waals surface area contributed by atoms with Crippen LogP contribution in [0.2, 0.25) is 0 Å². The second-order valence-corrected chi connectivity index (χ2v) is 2.11. The van der Waals surface area contributed by atoms with Crippen molar-refractivity contribution >= 4 is 17.5 Å². The summed E-state index contributed by atoms with van der Waals surface area (Å²) in [6, 6.07) is 0. The monoisotopic (exact) mass is 153 g/mol. The summed E-state index contributed by atoms with van der Waals surface area (Å²) in [5.74, 6) is -0.927. The maximum atomic E-state index is 10.1. The average molecular weight is 154 g/mol. The van der Waals surface area contributed by atoms with Crippen molar-refractivity contribution in [3.8, 4) is 0 Å². The molecule has 0 saturated heterocycles. The molecule has 0 rings (SSSR count). The van der Waals surface area contributed by atoms with E-state index in [-0.39, 0.29) is 0 Å². The molecule has 0 radical (unpaired) electrons. The van der Waals surface area contributed by atoms with Gasteiger partial charge in [-0.2, -0.15) is 0 Å². The van der Waals surface area contributed by atoms with Gasteiger partial charge in [-0.25, -0.2) is 0 Å². The fourth-order valence-electron chi connectivity index (χ4n) is 0.278. The molecular formula is C4H8ClNO3. The van der Waals surface area contributed by atoms with E-state index < -0.39 is 24.0 Å². The smallest absolute Gasteiger partial charge is 0.247 e. The number of primary amides is 1. The molecule has 0 aliphatic carbocycles. The highest BCUT2D eigenvalue weighted by molar-refractivity contribution is 6.22. The summed E-state index contributed by atoms with van der Waals surface area (Å²) in [7, 11) is 0. The fourth-order valence-corrected chi connectivity index (χ4v) is 0.402. The van der Waals surface area contributed by atoms with Crippen LogP contribution in [-0.4, -0.2) is 34.2 Å². The lowest BCUT2D eigenvalue weighted by molar-refractivity contribution is -0.126. The first kappa shape index (κ1) is 8.68. The maximum Gasteiger partial charge on any atom is 0.247 e. The minimum Gasteiger partial charge on any atom is -0.395 e. The predicted octanol–water partition coefficient (Wildman–Crippen LogP) is -1.57. The van der Waals surface area contributed by atoms with E-state index in [0.717, 1.165) is 0 Å². The van der Waals surface area contributed by atoms with Crippen molar-refractivity contribution in [1.82, 2.24) is 0 Å². The molecule has 2 atom stereocenters. The van der Waals surface area contributed by atoms with Crippen LogP contribution in [0.15, 0.2) is 0 Å². The lowest BCUT2D eigenvalue weighted by Crippen LogP contribution is -2.37. The van der Waals surface area contributed by atoms with Gasteiger partial charge in [-0.3, -0.25) is 4.79 Å². The molecule has 0 aromatic carbocycles. The molecule has 0 bridgehead atoms. The van der Waals surface area contributed by atoms with Gasteiger partial charge in [0.05, 0.1) is 12.0 Å². The first-order valence-electron chi connectivity index (χ1n) is 2.32.